The minimum atomic E-state index is 0.0737. The Morgan fingerprint density at radius 3 is 2.74 bits per heavy atom. The monoisotopic (exact) mass is 257 g/mol. The van der Waals surface area contributed by atoms with Crippen molar-refractivity contribution in [1.82, 2.24) is 5.32 Å². The summed E-state index contributed by atoms with van der Waals surface area (Å²) in [5.74, 6) is 0. The Hall–Kier alpha value is -1.42. The third-order valence-corrected chi connectivity index (χ3v) is 3.68. The zero-order chi connectivity index (χ0) is 13.1. The molecule has 19 heavy (non-hydrogen) atoms. The van der Waals surface area contributed by atoms with Crippen LogP contribution in [0.5, 0.6) is 0 Å². The van der Waals surface area contributed by atoms with Gasteiger partial charge < -0.3 is 14.8 Å². The first-order valence-corrected chi connectivity index (χ1v) is 6.74. The Morgan fingerprint density at radius 2 is 1.95 bits per heavy atom. The zero-order valence-electron chi connectivity index (χ0n) is 11.1. The molecule has 0 amide bonds. The highest BCUT2D eigenvalue weighted by atomic mass is 16.6. The molecule has 3 rings (SSSR count). The first kappa shape index (κ1) is 12.6. The number of likely N-dealkylation sites (N-methyl/N-ethyl adjacent to an activating group) is 1. The van der Waals surface area contributed by atoms with Gasteiger partial charge in [-0.1, -0.05) is 42.5 Å². The fourth-order valence-electron chi connectivity index (χ4n) is 2.76. The fourth-order valence-corrected chi connectivity index (χ4v) is 2.76. The maximum atomic E-state index is 5.85. The predicted octanol–water partition coefficient (Wildman–Crippen LogP) is 2.52. The van der Waals surface area contributed by atoms with Crippen molar-refractivity contribution >= 4 is 10.8 Å². The summed E-state index contributed by atoms with van der Waals surface area (Å²) >= 11 is 0. The van der Waals surface area contributed by atoms with E-state index < -0.39 is 0 Å². The van der Waals surface area contributed by atoms with E-state index in [1.54, 1.807) is 0 Å². The van der Waals surface area contributed by atoms with E-state index in [1.807, 2.05) is 7.05 Å². The van der Waals surface area contributed by atoms with Crippen molar-refractivity contribution in [2.75, 3.05) is 26.9 Å². The maximum absolute atomic E-state index is 5.85. The number of rotatable bonds is 3. The lowest BCUT2D eigenvalue weighted by Gasteiger charge is -2.31. The molecule has 0 aliphatic carbocycles. The van der Waals surface area contributed by atoms with Crippen LogP contribution >= 0.6 is 0 Å². The van der Waals surface area contributed by atoms with Crippen LogP contribution in [-0.2, 0) is 9.47 Å². The SMILES string of the molecule is CNC(c1cccc2ccccc12)C1COCCO1. The summed E-state index contributed by atoms with van der Waals surface area (Å²) in [5.41, 5.74) is 1.27. The Bertz CT molecular complexity index is 544. The van der Waals surface area contributed by atoms with E-state index in [2.05, 4.69) is 47.8 Å². The third kappa shape index (κ3) is 2.50. The van der Waals surface area contributed by atoms with Gasteiger partial charge in [0.25, 0.3) is 0 Å². The molecule has 0 radical (unpaired) electrons. The number of benzene rings is 2. The van der Waals surface area contributed by atoms with Gasteiger partial charge in [-0.15, -0.1) is 0 Å². The normalized spacial score (nSPS) is 21.4. The average Bonchev–Trinajstić information content (AvgIpc) is 2.49. The highest BCUT2D eigenvalue weighted by molar-refractivity contribution is 5.86. The topological polar surface area (TPSA) is 30.5 Å². The van der Waals surface area contributed by atoms with Gasteiger partial charge in [-0.2, -0.15) is 0 Å². The highest BCUT2D eigenvalue weighted by Crippen LogP contribution is 2.28. The second-order valence-electron chi connectivity index (χ2n) is 4.82. The van der Waals surface area contributed by atoms with Gasteiger partial charge in [0.05, 0.1) is 25.9 Å². The second-order valence-corrected chi connectivity index (χ2v) is 4.82. The number of nitrogens with one attached hydrogen (secondary N) is 1. The number of hydrogen-bond acceptors (Lipinski definition) is 3. The fraction of sp³-hybridized carbons (Fsp3) is 0.375. The van der Waals surface area contributed by atoms with Crippen LogP contribution in [0, 0.1) is 0 Å². The zero-order valence-corrected chi connectivity index (χ0v) is 11.1. The van der Waals surface area contributed by atoms with Gasteiger partial charge in [0, 0.05) is 0 Å². The molecule has 1 heterocycles. The summed E-state index contributed by atoms with van der Waals surface area (Å²) in [6, 6.07) is 15.0. The Balaban J connectivity index is 2.00. The van der Waals surface area contributed by atoms with Crippen LogP contribution in [0.15, 0.2) is 42.5 Å². The summed E-state index contributed by atoms with van der Waals surface area (Å²) in [6.07, 6.45) is 0.0737. The summed E-state index contributed by atoms with van der Waals surface area (Å²) in [5, 5.41) is 5.91. The van der Waals surface area contributed by atoms with Crippen molar-refractivity contribution in [3.05, 3.63) is 48.0 Å². The lowest BCUT2D eigenvalue weighted by atomic mass is 9.95. The highest BCUT2D eigenvalue weighted by Gasteiger charge is 2.26. The summed E-state index contributed by atoms with van der Waals surface area (Å²) in [6.45, 7) is 2.02. The van der Waals surface area contributed by atoms with Crippen molar-refractivity contribution in [3.63, 3.8) is 0 Å². The quantitative estimate of drug-likeness (QED) is 0.916. The molecule has 1 N–H and O–H groups in total. The van der Waals surface area contributed by atoms with E-state index in [9.17, 15) is 0 Å². The number of hydrogen-bond donors (Lipinski definition) is 1. The molecule has 0 bridgehead atoms. The molecule has 2 atom stereocenters. The van der Waals surface area contributed by atoms with Gasteiger partial charge in [-0.05, 0) is 23.4 Å². The lowest BCUT2D eigenvalue weighted by molar-refractivity contribution is -0.101. The van der Waals surface area contributed by atoms with E-state index in [-0.39, 0.29) is 12.1 Å². The van der Waals surface area contributed by atoms with Gasteiger partial charge in [0.1, 0.15) is 6.10 Å². The van der Waals surface area contributed by atoms with Gasteiger partial charge in [0.15, 0.2) is 0 Å². The molecule has 2 aromatic rings. The first-order valence-electron chi connectivity index (χ1n) is 6.74. The van der Waals surface area contributed by atoms with Gasteiger partial charge >= 0.3 is 0 Å². The van der Waals surface area contributed by atoms with Crippen LogP contribution < -0.4 is 5.32 Å². The summed E-state index contributed by atoms with van der Waals surface area (Å²) < 4.78 is 11.4. The number of fused-ring (bicyclic) bond motifs is 1. The largest absolute Gasteiger partial charge is 0.376 e. The van der Waals surface area contributed by atoms with Crippen LogP contribution in [0.1, 0.15) is 11.6 Å². The van der Waals surface area contributed by atoms with Crippen LogP contribution in [0.4, 0.5) is 0 Å². The predicted molar refractivity (Wildman–Crippen MR) is 76.3 cm³/mol. The maximum Gasteiger partial charge on any atom is 0.100 e. The molecule has 0 spiro atoms. The van der Waals surface area contributed by atoms with Crippen molar-refractivity contribution in [2.45, 2.75) is 12.1 Å². The van der Waals surface area contributed by atoms with Crippen LogP contribution in [0.2, 0.25) is 0 Å². The van der Waals surface area contributed by atoms with Crippen molar-refractivity contribution in [1.29, 1.82) is 0 Å². The standard InChI is InChI=1S/C16H19NO2/c1-17-16(15-11-18-9-10-19-15)14-8-4-6-12-5-2-3-7-13(12)14/h2-8,15-17H,9-11H2,1H3. The van der Waals surface area contributed by atoms with E-state index in [0.717, 1.165) is 0 Å². The van der Waals surface area contributed by atoms with E-state index in [0.29, 0.717) is 19.8 Å². The van der Waals surface area contributed by atoms with Gasteiger partial charge in [-0.3, -0.25) is 0 Å². The smallest absolute Gasteiger partial charge is 0.100 e. The number of ether oxygens (including phenoxy) is 2. The Morgan fingerprint density at radius 1 is 1.11 bits per heavy atom. The van der Waals surface area contributed by atoms with Crippen LogP contribution in [-0.4, -0.2) is 33.0 Å². The van der Waals surface area contributed by atoms with Gasteiger partial charge in [0.2, 0.25) is 0 Å². The second kappa shape index (κ2) is 5.70. The molecule has 1 aliphatic rings. The van der Waals surface area contributed by atoms with Crippen LogP contribution in [0.3, 0.4) is 0 Å². The molecule has 0 saturated carbocycles. The molecule has 3 heteroatoms. The van der Waals surface area contributed by atoms with E-state index in [4.69, 9.17) is 9.47 Å². The first-order chi connectivity index (χ1) is 9.40. The molecule has 2 aromatic carbocycles. The van der Waals surface area contributed by atoms with Gasteiger partial charge in [-0.25, -0.2) is 0 Å². The summed E-state index contributed by atoms with van der Waals surface area (Å²) in [7, 11) is 1.98. The molecule has 1 aliphatic heterocycles. The minimum absolute atomic E-state index is 0.0737. The Labute approximate surface area is 113 Å². The Kier molecular flexibility index (Phi) is 3.78. The molecule has 100 valence electrons. The third-order valence-electron chi connectivity index (χ3n) is 3.68. The van der Waals surface area contributed by atoms with E-state index >= 15 is 0 Å². The molecule has 1 fully saturated rings. The van der Waals surface area contributed by atoms with Crippen molar-refractivity contribution in [3.8, 4) is 0 Å². The van der Waals surface area contributed by atoms with E-state index in [1.165, 1.54) is 16.3 Å². The summed E-state index contributed by atoms with van der Waals surface area (Å²) in [4.78, 5) is 0. The van der Waals surface area contributed by atoms with Crippen molar-refractivity contribution < 1.29 is 9.47 Å². The minimum Gasteiger partial charge on any atom is -0.376 e. The molecule has 2 unspecified atom stereocenters. The molecular formula is C16H19NO2. The molecule has 3 nitrogen and oxygen atoms in total. The molecule has 0 aromatic heterocycles. The molecular weight excluding hydrogens is 238 g/mol. The lowest BCUT2D eigenvalue weighted by Crippen LogP contribution is -2.39. The average molecular weight is 257 g/mol. The van der Waals surface area contributed by atoms with Crippen LogP contribution in [0.25, 0.3) is 10.8 Å². The molecule has 1 saturated heterocycles. The van der Waals surface area contributed by atoms with Crippen molar-refractivity contribution in [2.24, 2.45) is 0 Å².